The second kappa shape index (κ2) is 7.44. The highest BCUT2D eigenvalue weighted by molar-refractivity contribution is 6.07. The van der Waals surface area contributed by atoms with Crippen LogP contribution in [0.1, 0.15) is 24.2 Å². The number of carbonyl (C=O) groups is 1. The van der Waals surface area contributed by atoms with Gasteiger partial charge in [0.2, 0.25) is 0 Å². The summed E-state index contributed by atoms with van der Waals surface area (Å²) < 4.78 is 0. The van der Waals surface area contributed by atoms with Gasteiger partial charge < -0.3 is 0 Å². The average molecular weight is 364 g/mol. The molecule has 3 aromatic carbocycles. The van der Waals surface area contributed by atoms with Crippen molar-refractivity contribution in [1.29, 1.82) is 0 Å². The Labute approximate surface area is 167 Å². The highest BCUT2D eigenvalue weighted by Gasteiger charge is 2.37. The van der Waals surface area contributed by atoms with Gasteiger partial charge in [0.15, 0.2) is 5.78 Å². The summed E-state index contributed by atoms with van der Waals surface area (Å²) in [6.45, 7) is 4.15. The molecule has 4 rings (SSSR count). The molecule has 0 bridgehead atoms. The highest BCUT2D eigenvalue weighted by atomic mass is 16.1. The zero-order valence-corrected chi connectivity index (χ0v) is 16.3. The molecule has 1 nitrogen and oxygen atoms in total. The first-order valence-electron chi connectivity index (χ1n) is 9.75. The third-order valence-corrected chi connectivity index (χ3v) is 5.84. The van der Waals surface area contributed by atoms with E-state index in [1.807, 2.05) is 67.6 Å². The van der Waals surface area contributed by atoms with Crippen molar-refractivity contribution in [2.75, 3.05) is 0 Å². The van der Waals surface area contributed by atoms with Crippen LogP contribution in [-0.2, 0) is 0 Å². The van der Waals surface area contributed by atoms with Gasteiger partial charge in [0, 0.05) is 5.56 Å². The smallest absolute Gasteiger partial charge is 0.173 e. The van der Waals surface area contributed by atoms with Crippen molar-refractivity contribution in [2.24, 2.45) is 11.3 Å². The molecule has 0 saturated heterocycles. The van der Waals surface area contributed by atoms with Crippen LogP contribution in [0, 0.1) is 11.3 Å². The standard InChI is InChI=1S/C27H24O/c1-20-11-8-9-18-27(20,2)26(28)25-17-7-6-16-24(25)23-15-10-14-22(19-23)21-12-4-3-5-13-21/h3-20H,1-2H3. The number of hydrogen-bond donors (Lipinski definition) is 0. The molecule has 1 aliphatic rings. The van der Waals surface area contributed by atoms with E-state index in [2.05, 4.69) is 49.4 Å². The van der Waals surface area contributed by atoms with Crippen LogP contribution in [0.3, 0.4) is 0 Å². The molecule has 138 valence electrons. The van der Waals surface area contributed by atoms with Crippen LogP contribution in [0.15, 0.2) is 103 Å². The largest absolute Gasteiger partial charge is 0.293 e. The predicted molar refractivity (Wildman–Crippen MR) is 117 cm³/mol. The van der Waals surface area contributed by atoms with Gasteiger partial charge in [-0.05, 0) is 41.2 Å². The van der Waals surface area contributed by atoms with Crippen molar-refractivity contribution in [3.8, 4) is 22.3 Å². The van der Waals surface area contributed by atoms with E-state index in [0.717, 1.165) is 22.3 Å². The number of allylic oxidation sites excluding steroid dienone is 4. The Hall–Kier alpha value is -3.19. The summed E-state index contributed by atoms with van der Waals surface area (Å²) in [5.74, 6) is 0.329. The Morgan fingerprint density at radius 2 is 1.46 bits per heavy atom. The molecule has 2 atom stereocenters. The Balaban J connectivity index is 1.78. The van der Waals surface area contributed by atoms with E-state index in [4.69, 9.17) is 0 Å². The average Bonchev–Trinajstić information content (AvgIpc) is 2.76. The highest BCUT2D eigenvalue weighted by Crippen LogP contribution is 2.39. The zero-order chi connectivity index (χ0) is 19.6. The molecule has 0 fully saturated rings. The van der Waals surface area contributed by atoms with Crippen LogP contribution in [0.2, 0.25) is 0 Å². The fourth-order valence-electron chi connectivity index (χ4n) is 3.84. The summed E-state index contributed by atoms with van der Waals surface area (Å²) >= 11 is 0. The monoisotopic (exact) mass is 364 g/mol. The first kappa shape index (κ1) is 18.2. The molecule has 0 heterocycles. The molecule has 0 saturated carbocycles. The van der Waals surface area contributed by atoms with E-state index in [0.29, 0.717) is 0 Å². The third-order valence-electron chi connectivity index (χ3n) is 5.84. The van der Waals surface area contributed by atoms with Gasteiger partial charge in [-0.1, -0.05) is 104 Å². The van der Waals surface area contributed by atoms with Crippen molar-refractivity contribution in [2.45, 2.75) is 13.8 Å². The first-order chi connectivity index (χ1) is 13.6. The van der Waals surface area contributed by atoms with E-state index < -0.39 is 5.41 Å². The maximum Gasteiger partial charge on any atom is 0.173 e. The molecule has 28 heavy (non-hydrogen) atoms. The molecule has 0 spiro atoms. The maximum absolute atomic E-state index is 13.6. The van der Waals surface area contributed by atoms with Crippen molar-refractivity contribution in [3.63, 3.8) is 0 Å². The molecule has 3 aromatic rings. The van der Waals surface area contributed by atoms with Gasteiger partial charge in [-0.2, -0.15) is 0 Å². The number of rotatable bonds is 4. The van der Waals surface area contributed by atoms with Crippen LogP contribution in [-0.4, -0.2) is 5.78 Å². The van der Waals surface area contributed by atoms with E-state index in [1.165, 1.54) is 5.56 Å². The second-order valence-electron chi connectivity index (χ2n) is 7.64. The Bertz CT molecular complexity index is 1060. The summed E-state index contributed by atoms with van der Waals surface area (Å²) in [5.41, 5.74) is 4.64. The van der Waals surface area contributed by atoms with E-state index in [1.54, 1.807) is 0 Å². The predicted octanol–water partition coefficient (Wildman–Crippen LogP) is 6.97. The molecule has 1 aliphatic carbocycles. The summed E-state index contributed by atoms with van der Waals surface area (Å²) in [6, 6.07) is 26.7. The topological polar surface area (TPSA) is 17.1 Å². The van der Waals surface area contributed by atoms with Crippen LogP contribution in [0.5, 0.6) is 0 Å². The zero-order valence-electron chi connectivity index (χ0n) is 16.3. The molecule has 0 N–H and O–H groups in total. The third kappa shape index (κ3) is 3.25. The number of Topliss-reactive ketones (excluding diaryl/α,β-unsaturated/α-hetero) is 1. The minimum Gasteiger partial charge on any atom is -0.293 e. The number of carbonyl (C=O) groups excluding carboxylic acids is 1. The van der Waals surface area contributed by atoms with Crippen LogP contribution in [0.4, 0.5) is 0 Å². The van der Waals surface area contributed by atoms with Gasteiger partial charge in [-0.3, -0.25) is 4.79 Å². The van der Waals surface area contributed by atoms with E-state index in [-0.39, 0.29) is 11.7 Å². The lowest BCUT2D eigenvalue weighted by Gasteiger charge is -2.32. The summed E-state index contributed by atoms with van der Waals surface area (Å²) in [6.07, 6.45) is 8.15. The SMILES string of the molecule is CC1C=CC=CC1(C)C(=O)c1ccccc1-c1cccc(-c2ccccc2)c1. The Morgan fingerprint density at radius 3 is 2.25 bits per heavy atom. The molecular formula is C27H24O. The van der Waals surface area contributed by atoms with Gasteiger partial charge in [0.05, 0.1) is 5.41 Å². The van der Waals surface area contributed by atoms with Gasteiger partial charge in [-0.15, -0.1) is 0 Å². The lowest BCUT2D eigenvalue weighted by Crippen LogP contribution is -2.33. The van der Waals surface area contributed by atoms with Crippen molar-refractivity contribution in [3.05, 3.63) is 109 Å². The molecule has 0 amide bonds. The molecule has 2 unspecified atom stereocenters. The molecule has 0 radical (unpaired) electrons. The van der Waals surface area contributed by atoms with E-state index in [9.17, 15) is 4.79 Å². The number of ketones is 1. The van der Waals surface area contributed by atoms with Crippen LogP contribution >= 0.6 is 0 Å². The van der Waals surface area contributed by atoms with E-state index >= 15 is 0 Å². The fourth-order valence-corrected chi connectivity index (χ4v) is 3.84. The lowest BCUT2D eigenvalue weighted by atomic mass is 9.69. The number of benzene rings is 3. The van der Waals surface area contributed by atoms with Gasteiger partial charge in [0.1, 0.15) is 0 Å². The Morgan fingerprint density at radius 1 is 0.786 bits per heavy atom. The minimum atomic E-state index is -0.526. The van der Waals surface area contributed by atoms with Gasteiger partial charge in [0.25, 0.3) is 0 Å². The first-order valence-corrected chi connectivity index (χ1v) is 9.75. The summed E-state index contributed by atoms with van der Waals surface area (Å²) in [4.78, 5) is 13.6. The maximum atomic E-state index is 13.6. The Kier molecular flexibility index (Phi) is 4.83. The van der Waals surface area contributed by atoms with Gasteiger partial charge >= 0.3 is 0 Å². The quantitative estimate of drug-likeness (QED) is 0.457. The van der Waals surface area contributed by atoms with Crippen molar-refractivity contribution >= 4 is 5.78 Å². The molecular weight excluding hydrogens is 340 g/mol. The van der Waals surface area contributed by atoms with Crippen LogP contribution < -0.4 is 0 Å². The molecule has 0 aromatic heterocycles. The van der Waals surface area contributed by atoms with Crippen LogP contribution in [0.25, 0.3) is 22.3 Å². The molecule has 1 heteroatoms. The summed E-state index contributed by atoms with van der Waals surface area (Å²) in [5, 5.41) is 0. The lowest BCUT2D eigenvalue weighted by molar-refractivity contribution is 0.0830. The van der Waals surface area contributed by atoms with Crippen molar-refractivity contribution < 1.29 is 4.79 Å². The summed E-state index contributed by atoms with van der Waals surface area (Å²) in [7, 11) is 0. The minimum absolute atomic E-state index is 0.161. The fraction of sp³-hybridized carbons (Fsp3) is 0.148. The number of hydrogen-bond acceptors (Lipinski definition) is 1. The van der Waals surface area contributed by atoms with Gasteiger partial charge in [-0.25, -0.2) is 0 Å². The van der Waals surface area contributed by atoms with Crippen molar-refractivity contribution in [1.82, 2.24) is 0 Å². The second-order valence-corrected chi connectivity index (χ2v) is 7.64. The molecule has 0 aliphatic heterocycles. The normalized spacial score (nSPS) is 20.9.